The van der Waals surface area contributed by atoms with Crippen LogP contribution in [0.2, 0.25) is 0 Å². The normalized spacial score (nSPS) is 21.5. The Morgan fingerprint density at radius 2 is 1.78 bits per heavy atom. The third-order valence-electron chi connectivity index (χ3n) is 4.85. The summed E-state index contributed by atoms with van der Waals surface area (Å²) < 4.78 is 37.9. The van der Waals surface area contributed by atoms with E-state index in [-0.39, 0.29) is 12.1 Å². The van der Waals surface area contributed by atoms with Gasteiger partial charge in [-0.15, -0.1) is 0 Å². The highest BCUT2D eigenvalue weighted by Crippen LogP contribution is 2.31. The lowest BCUT2D eigenvalue weighted by atomic mass is 9.94. The first kappa shape index (κ1) is 21.2. The van der Waals surface area contributed by atoms with E-state index in [2.05, 4.69) is 12.2 Å². The Kier molecular flexibility index (Phi) is 6.51. The summed E-state index contributed by atoms with van der Waals surface area (Å²) in [5, 5.41) is 12.9. The predicted octanol–water partition coefficient (Wildman–Crippen LogP) is 4.02. The van der Waals surface area contributed by atoms with Gasteiger partial charge in [0, 0.05) is 0 Å². The molecule has 2 N–H and O–H groups in total. The number of amides is 3. The van der Waals surface area contributed by atoms with Gasteiger partial charge in [-0.05, 0) is 31.0 Å². The Bertz CT molecular complexity index is 676. The van der Waals surface area contributed by atoms with Gasteiger partial charge in [0.2, 0.25) is 0 Å². The molecule has 2 atom stereocenters. The lowest BCUT2D eigenvalue weighted by molar-refractivity contribution is -0.137. The van der Waals surface area contributed by atoms with Gasteiger partial charge in [0.25, 0.3) is 5.91 Å². The van der Waals surface area contributed by atoms with Gasteiger partial charge in [-0.2, -0.15) is 13.2 Å². The first-order valence-electron chi connectivity index (χ1n) is 9.08. The molecule has 0 bridgehead atoms. The lowest BCUT2D eigenvalue weighted by Crippen LogP contribution is -2.44. The molecular formula is C19H25F3N2O3. The highest BCUT2D eigenvalue weighted by atomic mass is 19.4. The van der Waals surface area contributed by atoms with E-state index in [0.29, 0.717) is 6.42 Å². The first-order valence-corrected chi connectivity index (χ1v) is 9.08. The SMILES string of the molecule is CCCCCCC1(C)NC(=O)N(CC(O)c2ccc(C(F)(F)F)cc2)C1=O. The van der Waals surface area contributed by atoms with E-state index >= 15 is 0 Å². The molecule has 1 saturated heterocycles. The highest BCUT2D eigenvalue weighted by molar-refractivity contribution is 6.06. The molecule has 1 aliphatic rings. The predicted molar refractivity (Wildman–Crippen MR) is 93.8 cm³/mol. The fraction of sp³-hybridized carbons (Fsp3) is 0.579. The average Bonchev–Trinajstić information content (AvgIpc) is 2.81. The van der Waals surface area contributed by atoms with Crippen molar-refractivity contribution in [3.63, 3.8) is 0 Å². The van der Waals surface area contributed by atoms with Crippen molar-refractivity contribution in [2.24, 2.45) is 0 Å². The van der Waals surface area contributed by atoms with Crippen LogP contribution in [0.3, 0.4) is 0 Å². The molecule has 0 spiro atoms. The van der Waals surface area contributed by atoms with E-state index in [0.717, 1.165) is 54.8 Å². The van der Waals surface area contributed by atoms with Crippen LogP contribution < -0.4 is 5.32 Å². The second-order valence-electron chi connectivity index (χ2n) is 7.12. The number of aliphatic hydroxyl groups excluding tert-OH is 1. The molecule has 1 aromatic rings. The van der Waals surface area contributed by atoms with Crippen molar-refractivity contribution in [1.29, 1.82) is 0 Å². The molecule has 2 unspecified atom stereocenters. The highest BCUT2D eigenvalue weighted by Gasteiger charge is 2.47. The number of β-amino-alcohol motifs (C(OH)–C–C–N with tert-alkyl or cyclic N) is 1. The van der Waals surface area contributed by atoms with Crippen LogP contribution in [-0.4, -0.2) is 34.0 Å². The maximum Gasteiger partial charge on any atom is 0.416 e. The molecule has 1 aliphatic heterocycles. The van der Waals surface area contributed by atoms with Crippen molar-refractivity contribution in [2.75, 3.05) is 6.54 Å². The summed E-state index contributed by atoms with van der Waals surface area (Å²) in [7, 11) is 0. The second kappa shape index (κ2) is 8.29. The first-order chi connectivity index (χ1) is 12.6. The third kappa shape index (κ3) is 5.00. The van der Waals surface area contributed by atoms with Gasteiger partial charge in [-0.1, -0.05) is 44.7 Å². The molecule has 5 nitrogen and oxygen atoms in total. The van der Waals surface area contributed by atoms with Crippen LogP contribution in [-0.2, 0) is 11.0 Å². The summed E-state index contributed by atoms with van der Waals surface area (Å²) in [5.74, 6) is -0.421. The maximum absolute atomic E-state index is 12.6. The quantitative estimate of drug-likeness (QED) is 0.524. The fourth-order valence-electron chi connectivity index (χ4n) is 3.16. The molecule has 0 saturated carbocycles. The Morgan fingerprint density at radius 3 is 2.33 bits per heavy atom. The van der Waals surface area contributed by atoms with Crippen molar-refractivity contribution < 1.29 is 27.9 Å². The minimum atomic E-state index is -4.46. The second-order valence-corrected chi connectivity index (χ2v) is 7.12. The van der Waals surface area contributed by atoms with Crippen molar-refractivity contribution in [2.45, 2.75) is 63.8 Å². The van der Waals surface area contributed by atoms with Crippen LogP contribution in [0.1, 0.15) is 63.2 Å². The number of aliphatic hydroxyl groups is 1. The molecule has 0 radical (unpaired) electrons. The standard InChI is InChI=1S/C19H25F3N2O3/c1-3-4-5-6-11-18(2)16(26)24(17(27)23-18)12-15(25)13-7-9-14(10-8-13)19(20,21)22/h7-10,15,25H,3-6,11-12H2,1-2H3,(H,23,27). The van der Waals surface area contributed by atoms with Gasteiger partial charge in [-0.25, -0.2) is 4.79 Å². The summed E-state index contributed by atoms with van der Waals surface area (Å²) in [5.41, 5.74) is -1.63. The van der Waals surface area contributed by atoms with E-state index in [1.807, 2.05) is 0 Å². The number of imide groups is 1. The molecule has 150 valence electrons. The van der Waals surface area contributed by atoms with Crippen LogP contribution >= 0.6 is 0 Å². The van der Waals surface area contributed by atoms with E-state index in [1.165, 1.54) is 0 Å². The summed E-state index contributed by atoms with van der Waals surface area (Å²) in [6.45, 7) is 3.43. The summed E-state index contributed by atoms with van der Waals surface area (Å²) >= 11 is 0. The fourth-order valence-corrected chi connectivity index (χ4v) is 3.16. The van der Waals surface area contributed by atoms with Crippen LogP contribution in [0.25, 0.3) is 0 Å². The Morgan fingerprint density at radius 1 is 1.15 bits per heavy atom. The number of rotatable bonds is 8. The van der Waals surface area contributed by atoms with Crippen LogP contribution in [0, 0.1) is 0 Å². The molecule has 0 aromatic heterocycles. The molecule has 2 rings (SSSR count). The molecule has 8 heteroatoms. The smallest absolute Gasteiger partial charge is 0.387 e. The van der Waals surface area contributed by atoms with Crippen molar-refractivity contribution in [1.82, 2.24) is 10.2 Å². The van der Waals surface area contributed by atoms with Gasteiger partial charge in [0.1, 0.15) is 5.54 Å². The summed E-state index contributed by atoms with van der Waals surface area (Å²) in [6, 6.07) is 3.43. The number of benzene rings is 1. The van der Waals surface area contributed by atoms with Gasteiger partial charge >= 0.3 is 12.2 Å². The molecule has 27 heavy (non-hydrogen) atoms. The summed E-state index contributed by atoms with van der Waals surface area (Å²) in [4.78, 5) is 25.7. The Hall–Kier alpha value is -2.09. The van der Waals surface area contributed by atoms with Crippen molar-refractivity contribution in [3.8, 4) is 0 Å². The number of carbonyl (C=O) groups excluding carboxylic acids is 2. The van der Waals surface area contributed by atoms with Gasteiger partial charge in [0.15, 0.2) is 0 Å². The maximum atomic E-state index is 12.6. The van der Waals surface area contributed by atoms with Crippen LogP contribution in [0.5, 0.6) is 0 Å². The number of hydrogen-bond acceptors (Lipinski definition) is 3. The number of halogens is 3. The zero-order chi connectivity index (χ0) is 20.2. The number of urea groups is 1. The van der Waals surface area contributed by atoms with E-state index in [4.69, 9.17) is 0 Å². The monoisotopic (exact) mass is 386 g/mol. The topological polar surface area (TPSA) is 69.6 Å². The minimum Gasteiger partial charge on any atom is -0.387 e. The van der Waals surface area contributed by atoms with Gasteiger partial charge < -0.3 is 10.4 Å². The molecule has 1 aromatic carbocycles. The number of unbranched alkanes of at least 4 members (excludes halogenated alkanes) is 3. The van der Waals surface area contributed by atoms with Crippen LogP contribution in [0.4, 0.5) is 18.0 Å². The number of carbonyl (C=O) groups is 2. The molecule has 1 fully saturated rings. The Balaban J connectivity index is 2.01. The molecule has 0 aliphatic carbocycles. The van der Waals surface area contributed by atoms with Crippen LogP contribution in [0.15, 0.2) is 24.3 Å². The largest absolute Gasteiger partial charge is 0.416 e. The van der Waals surface area contributed by atoms with E-state index < -0.39 is 35.3 Å². The van der Waals surface area contributed by atoms with Gasteiger partial charge in [-0.3, -0.25) is 9.69 Å². The van der Waals surface area contributed by atoms with E-state index in [9.17, 15) is 27.9 Å². The van der Waals surface area contributed by atoms with Crippen molar-refractivity contribution >= 4 is 11.9 Å². The molecule has 3 amide bonds. The Labute approximate surface area is 156 Å². The average molecular weight is 386 g/mol. The number of nitrogens with one attached hydrogen (secondary N) is 1. The van der Waals surface area contributed by atoms with Gasteiger partial charge in [0.05, 0.1) is 18.2 Å². The minimum absolute atomic E-state index is 0.208. The molecular weight excluding hydrogens is 361 g/mol. The molecule has 1 heterocycles. The van der Waals surface area contributed by atoms with E-state index in [1.54, 1.807) is 6.92 Å². The number of hydrogen-bond donors (Lipinski definition) is 2. The van der Waals surface area contributed by atoms with Crippen molar-refractivity contribution in [3.05, 3.63) is 35.4 Å². The number of alkyl halides is 3. The zero-order valence-corrected chi connectivity index (χ0v) is 15.5. The summed E-state index contributed by atoms with van der Waals surface area (Å²) in [6.07, 6.45) is -1.35. The lowest BCUT2D eigenvalue weighted by Gasteiger charge is -2.22. The number of nitrogens with zero attached hydrogens (tertiary/aromatic N) is 1. The zero-order valence-electron chi connectivity index (χ0n) is 15.5. The third-order valence-corrected chi connectivity index (χ3v) is 4.85.